The number of Topliss-reactive ketones (excluding diaryl/α,β-unsaturated/α-hetero) is 2. The lowest BCUT2D eigenvalue weighted by molar-refractivity contribution is -0.155. The Labute approximate surface area is 173 Å². The van der Waals surface area contributed by atoms with E-state index in [1.807, 2.05) is 0 Å². The van der Waals surface area contributed by atoms with Crippen LogP contribution < -0.4 is 0 Å². The largest absolute Gasteiger partial charge is 0.388 e. The van der Waals surface area contributed by atoms with Crippen LogP contribution in [0.1, 0.15) is 39.5 Å². The van der Waals surface area contributed by atoms with Crippen LogP contribution in [0, 0.1) is 22.7 Å². The number of ketones is 3. The smallest absolute Gasteiger partial charge is 0.221 e. The molecule has 6 atom stereocenters. The van der Waals surface area contributed by atoms with E-state index >= 15 is 4.39 Å². The van der Waals surface area contributed by atoms with Gasteiger partial charge in [-0.1, -0.05) is 20.4 Å². The van der Waals surface area contributed by atoms with Crippen molar-refractivity contribution >= 4 is 29.0 Å². The monoisotopic (exact) mass is 422 g/mol. The quantitative estimate of drug-likeness (QED) is 0.405. The molecule has 0 spiro atoms. The molecule has 2 saturated carbocycles. The first-order chi connectivity index (χ1) is 13.4. The number of aliphatic hydroxyl groups is 2. The van der Waals surface area contributed by atoms with Crippen LogP contribution in [0.5, 0.6) is 0 Å². The normalized spacial score (nSPS) is 46.5. The Balaban J connectivity index is 1.89. The van der Waals surface area contributed by atoms with Gasteiger partial charge in [-0.2, -0.15) is 0 Å². The number of carbonyl (C=O) groups excluding carboxylic acids is 3. The maximum Gasteiger partial charge on any atom is 0.221 e. The van der Waals surface area contributed by atoms with Gasteiger partial charge in [-0.15, -0.1) is 11.6 Å². The molecule has 2 N–H and O–H groups in total. The average Bonchev–Trinajstić information content (AvgIpc) is 2.87. The van der Waals surface area contributed by atoms with E-state index in [0.29, 0.717) is 18.4 Å². The van der Waals surface area contributed by atoms with E-state index < -0.39 is 62.9 Å². The highest BCUT2D eigenvalue weighted by Gasteiger charge is 2.72. The minimum Gasteiger partial charge on any atom is -0.388 e. The summed E-state index contributed by atoms with van der Waals surface area (Å²) in [6.07, 6.45) is 3.16. The van der Waals surface area contributed by atoms with Crippen LogP contribution in [0.3, 0.4) is 0 Å². The summed E-state index contributed by atoms with van der Waals surface area (Å²) in [5.74, 6) is -3.62. The Morgan fingerprint density at radius 2 is 2.00 bits per heavy atom. The number of allylic oxidation sites excluding steroid dienone is 4. The third-order valence-corrected chi connectivity index (χ3v) is 9.16. The molecule has 7 heteroatoms. The molecule has 29 heavy (non-hydrogen) atoms. The van der Waals surface area contributed by atoms with Gasteiger partial charge in [-0.05, 0) is 48.5 Å². The second kappa shape index (κ2) is 5.96. The van der Waals surface area contributed by atoms with Crippen molar-refractivity contribution in [2.24, 2.45) is 22.7 Å². The van der Waals surface area contributed by atoms with Crippen LogP contribution in [-0.4, -0.2) is 44.6 Å². The lowest BCUT2D eigenvalue weighted by atomic mass is 9.47. The lowest BCUT2D eigenvalue weighted by Gasteiger charge is -2.60. The number of hydrogen-bond acceptors (Lipinski definition) is 5. The summed E-state index contributed by atoms with van der Waals surface area (Å²) in [6, 6.07) is 0. The molecule has 4 rings (SSSR count). The molecule has 0 aromatic carbocycles. The highest BCUT2D eigenvalue weighted by molar-refractivity contribution is 6.43. The Kier molecular flexibility index (Phi) is 4.24. The Hall–Kier alpha value is -1.63. The standard InChI is InChI=1S/C22H24ClFO5/c1-11-6-12-13-7-15(24)14-8-16(26)17(27)9-20(14,3)21(13,23)5-4-19(12,2)22(11,29)18(28)10-25/h7-8,12-13,25,29H,1,4-6,9-10H2,2-3H3/t12-,13-,19-,20-,21+,22-/m0/s1. The van der Waals surface area contributed by atoms with Crippen molar-refractivity contribution in [3.63, 3.8) is 0 Å². The predicted octanol–water partition coefficient (Wildman–Crippen LogP) is 2.59. The maximum atomic E-state index is 15.2. The number of aliphatic hydroxyl groups excluding tert-OH is 1. The summed E-state index contributed by atoms with van der Waals surface area (Å²) in [6.45, 7) is 6.55. The number of carbonyl (C=O) groups is 3. The molecule has 4 aliphatic rings. The summed E-state index contributed by atoms with van der Waals surface area (Å²) in [5.41, 5.74) is -3.52. The van der Waals surface area contributed by atoms with E-state index in [1.165, 1.54) is 6.08 Å². The lowest BCUT2D eigenvalue weighted by Crippen LogP contribution is -2.63. The number of hydrogen-bond donors (Lipinski definition) is 2. The Morgan fingerprint density at radius 3 is 2.62 bits per heavy atom. The van der Waals surface area contributed by atoms with Gasteiger partial charge in [0.15, 0.2) is 11.4 Å². The van der Waals surface area contributed by atoms with Gasteiger partial charge in [0, 0.05) is 23.2 Å². The summed E-state index contributed by atoms with van der Waals surface area (Å²) >= 11 is 7.19. The van der Waals surface area contributed by atoms with Crippen molar-refractivity contribution in [2.45, 2.75) is 50.0 Å². The fourth-order valence-electron chi connectivity index (χ4n) is 6.47. The fourth-order valence-corrected chi connectivity index (χ4v) is 6.95. The molecule has 0 bridgehead atoms. The summed E-state index contributed by atoms with van der Waals surface area (Å²) in [5, 5.41) is 20.8. The summed E-state index contributed by atoms with van der Waals surface area (Å²) < 4.78 is 15.2. The van der Waals surface area contributed by atoms with Gasteiger partial charge >= 0.3 is 0 Å². The second-order valence-electron chi connectivity index (χ2n) is 9.38. The van der Waals surface area contributed by atoms with Crippen molar-refractivity contribution in [3.8, 4) is 0 Å². The molecule has 0 amide bonds. The molecule has 0 heterocycles. The molecule has 4 aliphatic carbocycles. The van der Waals surface area contributed by atoms with Gasteiger partial charge < -0.3 is 10.2 Å². The summed E-state index contributed by atoms with van der Waals surface area (Å²) in [4.78, 5) is 35.6. The van der Waals surface area contributed by atoms with E-state index in [1.54, 1.807) is 13.8 Å². The zero-order valence-electron chi connectivity index (χ0n) is 16.4. The molecule has 0 radical (unpaired) electrons. The van der Waals surface area contributed by atoms with E-state index in [0.717, 1.165) is 6.08 Å². The molecule has 2 fully saturated rings. The number of rotatable bonds is 2. The predicted molar refractivity (Wildman–Crippen MR) is 104 cm³/mol. The molecular formula is C22H24ClFO5. The van der Waals surface area contributed by atoms with Crippen LogP contribution in [-0.2, 0) is 14.4 Å². The molecule has 5 nitrogen and oxygen atoms in total. The molecule has 156 valence electrons. The van der Waals surface area contributed by atoms with Crippen molar-refractivity contribution in [1.29, 1.82) is 0 Å². The van der Waals surface area contributed by atoms with Gasteiger partial charge in [0.25, 0.3) is 0 Å². The second-order valence-corrected chi connectivity index (χ2v) is 10.1. The first kappa shape index (κ1) is 20.6. The zero-order chi connectivity index (χ0) is 21.6. The highest BCUT2D eigenvalue weighted by Crippen LogP contribution is 2.71. The van der Waals surface area contributed by atoms with Gasteiger partial charge in [-0.3, -0.25) is 14.4 Å². The van der Waals surface area contributed by atoms with E-state index in [2.05, 4.69) is 6.58 Å². The Morgan fingerprint density at radius 1 is 1.34 bits per heavy atom. The first-order valence-corrected chi connectivity index (χ1v) is 10.2. The van der Waals surface area contributed by atoms with Gasteiger partial charge in [-0.25, -0.2) is 4.39 Å². The van der Waals surface area contributed by atoms with Crippen LogP contribution in [0.2, 0.25) is 0 Å². The van der Waals surface area contributed by atoms with Crippen molar-refractivity contribution < 1.29 is 29.0 Å². The minimum absolute atomic E-state index is 0.149. The van der Waals surface area contributed by atoms with Crippen LogP contribution in [0.4, 0.5) is 4.39 Å². The van der Waals surface area contributed by atoms with Gasteiger partial charge in [0.05, 0.1) is 4.87 Å². The zero-order valence-corrected chi connectivity index (χ0v) is 17.2. The summed E-state index contributed by atoms with van der Waals surface area (Å²) in [7, 11) is 0. The molecule has 0 unspecified atom stereocenters. The third-order valence-electron chi connectivity index (χ3n) is 8.30. The van der Waals surface area contributed by atoms with E-state index in [9.17, 15) is 24.6 Å². The maximum absolute atomic E-state index is 15.2. The van der Waals surface area contributed by atoms with Crippen LogP contribution >= 0.6 is 11.6 Å². The minimum atomic E-state index is -1.91. The highest BCUT2D eigenvalue weighted by atomic mass is 35.5. The van der Waals surface area contributed by atoms with Crippen LogP contribution in [0.25, 0.3) is 0 Å². The molecule has 0 aromatic heterocycles. The van der Waals surface area contributed by atoms with E-state index in [-0.39, 0.29) is 18.4 Å². The SMILES string of the molecule is C=C1C[C@H]2[C@@H]3C=C(F)C4=CC(=O)C(=O)C[C@]4(C)[C@@]3(Cl)CC[C@]2(C)[C@@]1(O)C(=O)CO. The number of fused-ring (bicyclic) bond motifs is 5. The van der Waals surface area contributed by atoms with Crippen molar-refractivity contribution in [1.82, 2.24) is 0 Å². The fraction of sp³-hybridized carbons (Fsp3) is 0.591. The molecule has 0 saturated heterocycles. The van der Waals surface area contributed by atoms with Gasteiger partial charge in [0.2, 0.25) is 11.6 Å². The molecule has 0 aliphatic heterocycles. The molecule has 0 aromatic rings. The topological polar surface area (TPSA) is 91.7 Å². The molecular weight excluding hydrogens is 399 g/mol. The average molecular weight is 423 g/mol. The Bertz CT molecular complexity index is 937. The van der Waals surface area contributed by atoms with Crippen molar-refractivity contribution in [2.75, 3.05) is 6.61 Å². The van der Waals surface area contributed by atoms with E-state index in [4.69, 9.17) is 11.6 Å². The van der Waals surface area contributed by atoms with Gasteiger partial charge in [0.1, 0.15) is 12.4 Å². The third kappa shape index (κ3) is 2.20. The van der Waals surface area contributed by atoms with Crippen molar-refractivity contribution in [3.05, 3.63) is 35.7 Å². The van der Waals surface area contributed by atoms with Crippen LogP contribution in [0.15, 0.2) is 35.7 Å². The first-order valence-electron chi connectivity index (χ1n) is 9.77. The number of alkyl halides is 1. The number of halogens is 2.